The Morgan fingerprint density at radius 3 is 2.35 bits per heavy atom. The lowest BCUT2D eigenvalue weighted by molar-refractivity contribution is -0.0722. The molecule has 2 aliphatic rings. The number of ether oxygens (including phenoxy) is 2. The summed E-state index contributed by atoms with van der Waals surface area (Å²) < 4.78 is 12.4. The van der Waals surface area contributed by atoms with Gasteiger partial charge in [-0.2, -0.15) is 0 Å². The van der Waals surface area contributed by atoms with Gasteiger partial charge in [0.25, 0.3) is 5.79 Å². The van der Waals surface area contributed by atoms with Gasteiger partial charge in [-0.1, -0.05) is 26.0 Å². The zero-order valence-corrected chi connectivity index (χ0v) is 10.9. The molecule has 0 unspecified atom stereocenters. The molecule has 2 nitrogen and oxygen atoms in total. The molecule has 2 heteroatoms. The highest BCUT2D eigenvalue weighted by Gasteiger charge is 2.45. The molecular formula is C15H20O2. The maximum Gasteiger partial charge on any atom is 0.251 e. The average molecular weight is 232 g/mol. The second kappa shape index (κ2) is 3.66. The smallest absolute Gasteiger partial charge is 0.251 e. The summed E-state index contributed by atoms with van der Waals surface area (Å²) >= 11 is 0. The van der Waals surface area contributed by atoms with Crippen molar-refractivity contribution in [3.05, 3.63) is 23.3 Å². The molecule has 0 aromatic heterocycles. The number of rotatable bonds is 1. The zero-order valence-electron chi connectivity index (χ0n) is 10.9. The van der Waals surface area contributed by atoms with Crippen LogP contribution in [0.4, 0.5) is 0 Å². The fourth-order valence-electron chi connectivity index (χ4n) is 2.87. The Kier molecular flexibility index (Phi) is 2.35. The molecule has 3 rings (SSSR count). The molecule has 17 heavy (non-hydrogen) atoms. The highest BCUT2D eigenvalue weighted by atomic mass is 16.7. The topological polar surface area (TPSA) is 18.5 Å². The van der Waals surface area contributed by atoms with Crippen molar-refractivity contribution in [2.75, 3.05) is 0 Å². The van der Waals surface area contributed by atoms with E-state index in [2.05, 4.69) is 32.9 Å². The molecule has 92 valence electrons. The normalized spacial score (nSPS) is 20.5. The molecule has 1 saturated carbocycles. The minimum absolute atomic E-state index is 0.335. The van der Waals surface area contributed by atoms with Crippen LogP contribution >= 0.6 is 0 Å². The Balaban J connectivity index is 2.05. The summed E-state index contributed by atoms with van der Waals surface area (Å²) in [4.78, 5) is 0. The van der Waals surface area contributed by atoms with Gasteiger partial charge in [0.1, 0.15) is 0 Å². The molecule has 1 spiro atoms. The van der Waals surface area contributed by atoms with Gasteiger partial charge in [0.2, 0.25) is 0 Å². The van der Waals surface area contributed by atoms with E-state index in [0.717, 1.165) is 24.3 Å². The van der Waals surface area contributed by atoms with E-state index < -0.39 is 0 Å². The first-order valence-electron chi connectivity index (χ1n) is 6.63. The van der Waals surface area contributed by atoms with Crippen LogP contribution in [0.1, 0.15) is 56.6 Å². The van der Waals surface area contributed by atoms with Crippen molar-refractivity contribution in [1.29, 1.82) is 0 Å². The predicted molar refractivity (Wildman–Crippen MR) is 67.7 cm³/mol. The van der Waals surface area contributed by atoms with Crippen LogP contribution < -0.4 is 9.47 Å². The molecule has 0 amide bonds. The predicted octanol–water partition coefficient (Wildman–Crippen LogP) is 4.16. The first kappa shape index (κ1) is 10.9. The van der Waals surface area contributed by atoms with Crippen LogP contribution in [0.25, 0.3) is 0 Å². The minimum atomic E-state index is -0.335. The van der Waals surface area contributed by atoms with Crippen molar-refractivity contribution in [1.82, 2.24) is 0 Å². The van der Waals surface area contributed by atoms with E-state index in [1.807, 2.05) is 0 Å². The number of aryl methyl sites for hydroxylation is 1. The van der Waals surface area contributed by atoms with E-state index in [9.17, 15) is 0 Å². The third-order valence-electron chi connectivity index (χ3n) is 3.90. The number of benzene rings is 1. The van der Waals surface area contributed by atoms with Crippen molar-refractivity contribution in [3.63, 3.8) is 0 Å². The molecule has 1 fully saturated rings. The maximum atomic E-state index is 6.21. The van der Waals surface area contributed by atoms with Crippen LogP contribution in [0.15, 0.2) is 12.1 Å². The standard InChI is InChI=1S/C15H20O2/c1-10(2)12-7-6-11(3)13-14(12)17-15(16-13)8-4-5-9-15/h6-7,10H,4-5,8-9H2,1-3H3. The van der Waals surface area contributed by atoms with E-state index in [1.54, 1.807) is 0 Å². The van der Waals surface area contributed by atoms with E-state index in [1.165, 1.54) is 24.0 Å². The van der Waals surface area contributed by atoms with E-state index in [4.69, 9.17) is 9.47 Å². The fourth-order valence-corrected chi connectivity index (χ4v) is 2.87. The fraction of sp³-hybridized carbons (Fsp3) is 0.600. The summed E-state index contributed by atoms with van der Waals surface area (Å²) in [6.45, 7) is 6.50. The molecule has 0 bridgehead atoms. The van der Waals surface area contributed by atoms with Gasteiger partial charge < -0.3 is 9.47 Å². The monoisotopic (exact) mass is 232 g/mol. The Bertz CT molecular complexity index is 442. The number of fused-ring (bicyclic) bond motifs is 1. The molecule has 0 atom stereocenters. The van der Waals surface area contributed by atoms with Crippen molar-refractivity contribution < 1.29 is 9.47 Å². The summed E-state index contributed by atoms with van der Waals surface area (Å²) in [6.07, 6.45) is 4.48. The van der Waals surface area contributed by atoms with Gasteiger partial charge in [0, 0.05) is 18.4 Å². The Labute approximate surface area is 103 Å². The minimum Gasteiger partial charge on any atom is -0.448 e. The van der Waals surface area contributed by atoms with Gasteiger partial charge in [-0.05, 0) is 31.2 Å². The summed E-state index contributed by atoms with van der Waals surface area (Å²) in [7, 11) is 0. The Morgan fingerprint density at radius 2 is 1.71 bits per heavy atom. The van der Waals surface area contributed by atoms with E-state index >= 15 is 0 Å². The van der Waals surface area contributed by atoms with Crippen molar-refractivity contribution in [2.24, 2.45) is 0 Å². The molecule has 1 heterocycles. The molecular weight excluding hydrogens is 212 g/mol. The quantitative estimate of drug-likeness (QED) is 0.723. The van der Waals surface area contributed by atoms with Crippen molar-refractivity contribution in [2.45, 2.75) is 58.2 Å². The third kappa shape index (κ3) is 1.62. The van der Waals surface area contributed by atoms with Gasteiger partial charge in [-0.3, -0.25) is 0 Å². The van der Waals surface area contributed by atoms with Crippen LogP contribution in [-0.4, -0.2) is 5.79 Å². The lowest BCUT2D eigenvalue weighted by Crippen LogP contribution is -2.34. The van der Waals surface area contributed by atoms with Crippen LogP contribution in [0.3, 0.4) is 0 Å². The first-order valence-corrected chi connectivity index (χ1v) is 6.63. The summed E-state index contributed by atoms with van der Waals surface area (Å²) in [5.41, 5.74) is 2.46. The summed E-state index contributed by atoms with van der Waals surface area (Å²) in [5, 5.41) is 0. The summed E-state index contributed by atoms with van der Waals surface area (Å²) in [5.74, 6) is 2.13. The Hall–Kier alpha value is -1.18. The Morgan fingerprint density at radius 1 is 1.06 bits per heavy atom. The molecule has 0 N–H and O–H groups in total. The lowest BCUT2D eigenvalue weighted by atomic mass is 10.00. The highest BCUT2D eigenvalue weighted by molar-refractivity contribution is 5.55. The molecule has 0 saturated heterocycles. The maximum absolute atomic E-state index is 6.21. The zero-order chi connectivity index (χ0) is 12.0. The summed E-state index contributed by atoms with van der Waals surface area (Å²) in [6, 6.07) is 4.32. The first-order chi connectivity index (χ1) is 8.11. The SMILES string of the molecule is Cc1ccc(C(C)C)c2c1OC1(CCCC1)O2. The molecule has 1 aliphatic carbocycles. The average Bonchev–Trinajstić information content (AvgIpc) is 2.87. The van der Waals surface area contributed by atoms with Crippen molar-refractivity contribution >= 4 is 0 Å². The van der Waals surface area contributed by atoms with Gasteiger partial charge in [-0.15, -0.1) is 0 Å². The molecule has 1 aromatic carbocycles. The van der Waals surface area contributed by atoms with Crippen LogP contribution in [0.2, 0.25) is 0 Å². The van der Waals surface area contributed by atoms with Gasteiger partial charge in [0.05, 0.1) is 0 Å². The van der Waals surface area contributed by atoms with E-state index in [0.29, 0.717) is 5.92 Å². The van der Waals surface area contributed by atoms with Crippen LogP contribution in [0.5, 0.6) is 11.5 Å². The number of hydrogen-bond acceptors (Lipinski definition) is 2. The largest absolute Gasteiger partial charge is 0.448 e. The highest BCUT2D eigenvalue weighted by Crippen LogP contribution is 2.50. The van der Waals surface area contributed by atoms with Gasteiger partial charge in [0.15, 0.2) is 11.5 Å². The molecule has 0 radical (unpaired) electrons. The van der Waals surface area contributed by atoms with Gasteiger partial charge in [-0.25, -0.2) is 0 Å². The van der Waals surface area contributed by atoms with Gasteiger partial charge >= 0.3 is 0 Å². The van der Waals surface area contributed by atoms with Crippen LogP contribution in [0, 0.1) is 6.92 Å². The third-order valence-corrected chi connectivity index (χ3v) is 3.90. The second-order valence-electron chi connectivity index (χ2n) is 5.61. The second-order valence-corrected chi connectivity index (χ2v) is 5.61. The molecule has 1 aromatic rings. The lowest BCUT2D eigenvalue weighted by Gasteiger charge is -2.22. The van der Waals surface area contributed by atoms with E-state index in [-0.39, 0.29) is 5.79 Å². The number of hydrogen-bond donors (Lipinski definition) is 0. The van der Waals surface area contributed by atoms with Crippen LogP contribution in [-0.2, 0) is 0 Å². The molecule has 1 aliphatic heterocycles. The van der Waals surface area contributed by atoms with Crippen molar-refractivity contribution in [3.8, 4) is 11.5 Å².